The number of alkyl carbamates (subject to hydrolysis) is 1. The summed E-state index contributed by atoms with van der Waals surface area (Å²) in [6, 6.07) is 15.3. The van der Waals surface area contributed by atoms with Crippen molar-refractivity contribution in [3.63, 3.8) is 0 Å². The van der Waals surface area contributed by atoms with Gasteiger partial charge in [-0.3, -0.25) is 14.2 Å². The molecule has 222 valence electrons. The summed E-state index contributed by atoms with van der Waals surface area (Å²) in [6.07, 6.45) is 5.44. The maximum atomic E-state index is 13.5. The molecular formula is C32H38N4O6. The Morgan fingerprint density at radius 3 is 2.52 bits per heavy atom. The van der Waals surface area contributed by atoms with Crippen molar-refractivity contribution in [1.82, 2.24) is 20.5 Å². The normalized spacial score (nSPS) is 19.0. The number of carbonyl (C=O) groups is 4. The van der Waals surface area contributed by atoms with Gasteiger partial charge in [0.25, 0.3) is 0 Å². The zero-order valence-electron chi connectivity index (χ0n) is 24.2. The number of aromatic nitrogens is 1. The third-order valence-electron chi connectivity index (χ3n) is 6.67. The van der Waals surface area contributed by atoms with Crippen LogP contribution in [0.5, 0.6) is 0 Å². The van der Waals surface area contributed by atoms with E-state index in [0.29, 0.717) is 31.3 Å². The molecule has 1 aromatic heterocycles. The van der Waals surface area contributed by atoms with E-state index in [1.807, 2.05) is 54.6 Å². The summed E-state index contributed by atoms with van der Waals surface area (Å²) in [7, 11) is 0. The molecule has 1 aliphatic rings. The number of nitrogens with one attached hydrogen (secondary N) is 3. The summed E-state index contributed by atoms with van der Waals surface area (Å²) in [5, 5.41) is 9.34. The number of rotatable bonds is 5. The predicted octanol–water partition coefficient (Wildman–Crippen LogP) is 4.60. The third-order valence-corrected chi connectivity index (χ3v) is 6.67. The average molecular weight is 575 g/mol. The quantitative estimate of drug-likeness (QED) is 0.409. The minimum Gasteiger partial charge on any atom is -0.445 e. The molecule has 4 rings (SSSR count). The number of hydrogen-bond acceptors (Lipinski definition) is 6. The standard InChI is InChI=1S/C32H38N4O6/c1-32(2,3)42-31(40)36-20-23(25-13-7-8-15-27(25)36)19-24-16-17-28(37)33-18-10-9-14-26(29(38)34-24)35-30(39)41-21-22-11-5-4-6-12-22/h4-8,11-13,15-17,20,24,26H,9-10,14,18-19,21H2,1-3H3,(H,33,37)(H,34,38)(H,35,39)/b17-16+/t24-,26+/m1/s1. The van der Waals surface area contributed by atoms with Crippen LogP contribution in [0.1, 0.15) is 51.2 Å². The fourth-order valence-corrected chi connectivity index (χ4v) is 4.69. The van der Waals surface area contributed by atoms with Crippen LogP contribution in [0.3, 0.4) is 0 Å². The van der Waals surface area contributed by atoms with E-state index in [2.05, 4.69) is 16.0 Å². The summed E-state index contributed by atoms with van der Waals surface area (Å²) < 4.78 is 12.4. The third kappa shape index (κ3) is 8.70. The lowest BCUT2D eigenvalue weighted by molar-refractivity contribution is -0.124. The molecule has 2 heterocycles. The highest BCUT2D eigenvalue weighted by molar-refractivity contribution is 5.92. The van der Waals surface area contributed by atoms with Crippen LogP contribution in [0, 0.1) is 0 Å². The second-order valence-electron chi connectivity index (χ2n) is 11.2. The molecule has 0 radical (unpaired) electrons. The molecule has 3 N–H and O–H groups in total. The van der Waals surface area contributed by atoms with Crippen molar-refractivity contribution in [3.05, 3.63) is 84.1 Å². The van der Waals surface area contributed by atoms with Crippen molar-refractivity contribution >= 4 is 34.9 Å². The van der Waals surface area contributed by atoms with E-state index in [9.17, 15) is 19.2 Å². The Kier molecular flexibility index (Phi) is 10.0. The topological polar surface area (TPSA) is 128 Å². The van der Waals surface area contributed by atoms with Crippen LogP contribution in [0.4, 0.5) is 9.59 Å². The van der Waals surface area contributed by atoms with E-state index >= 15 is 0 Å². The Morgan fingerprint density at radius 1 is 1.02 bits per heavy atom. The van der Waals surface area contributed by atoms with Crippen LogP contribution in [-0.4, -0.2) is 52.8 Å². The molecule has 2 aromatic carbocycles. The number of benzene rings is 2. The second kappa shape index (κ2) is 13.8. The summed E-state index contributed by atoms with van der Waals surface area (Å²) in [5.74, 6) is -0.650. The molecule has 0 saturated heterocycles. The maximum Gasteiger partial charge on any atom is 0.419 e. The van der Waals surface area contributed by atoms with Crippen LogP contribution in [-0.2, 0) is 32.1 Å². The van der Waals surface area contributed by atoms with Gasteiger partial charge >= 0.3 is 12.2 Å². The summed E-state index contributed by atoms with van der Waals surface area (Å²) in [5.41, 5.74) is 1.61. The van der Waals surface area contributed by atoms with Gasteiger partial charge in [0.05, 0.1) is 11.6 Å². The summed E-state index contributed by atoms with van der Waals surface area (Å²) in [4.78, 5) is 51.4. The minimum absolute atomic E-state index is 0.0835. The molecule has 42 heavy (non-hydrogen) atoms. The Hall–Kier alpha value is -4.60. The number of para-hydroxylation sites is 1. The van der Waals surface area contributed by atoms with Crippen LogP contribution in [0.15, 0.2) is 72.9 Å². The second-order valence-corrected chi connectivity index (χ2v) is 11.2. The molecule has 0 unspecified atom stereocenters. The van der Waals surface area contributed by atoms with Crippen molar-refractivity contribution in [2.45, 2.75) is 70.7 Å². The van der Waals surface area contributed by atoms with Gasteiger partial charge in [0.2, 0.25) is 11.8 Å². The van der Waals surface area contributed by atoms with Crippen molar-refractivity contribution in [2.75, 3.05) is 6.54 Å². The van der Waals surface area contributed by atoms with Crippen molar-refractivity contribution in [2.24, 2.45) is 0 Å². The van der Waals surface area contributed by atoms with E-state index in [1.165, 1.54) is 10.6 Å². The van der Waals surface area contributed by atoms with Gasteiger partial charge in [0.15, 0.2) is 0 Å². The van der Waals surface area contributed by atoms with Gasteiger partial charge in [-0.1, -0.05) is 54.6 Å². The van der Waals surface area contributed by atoms with E-state index in [-0.39, 0.29) is 18.9 Å². The molecule has 3 aromatic rings. The molecule has 10 heteroatoms. The molecule has 10 nitrogen and oxygen atoms in total. The van der Waals surface area contributed by atoms with Gasteiger partial charge in [-0.05, 0) is 63.6 Å². The number of amides is 3. The fourth-order valence-electron chi connectivity index (χ4n) is 4.69. The number of nitrogens with zero attached hydrogens (tertiary/aromatic N) is 1. The first-order valence-corrected chi connectivity index (χ1v) is 14.1. The Balaban J connectivity index is 1.54. The lowest BCUT2D eigenvalue weighted by atomic mass is 10.0. The van der Waals surface area contributed by atoms with Gasteiger partial charge in [0.1, 0.15) is 18.2 Å². The highest BCUT2D eigenvalue weighted by Gasteiger charge is 2.26. The van der Waals surface area contributed by atoms with Crippen molar-refractivity contribution in [3.8, 4) is 0 Å². The molecule has 0 aliphatic carbocycles. The number of hydrogen-bond donors (Lipinski definition) is 3. The molecule has 0 spiro atoms. The first-order valence-electron chi connectivity index (χ1n) is 14.1. The summed E-state index contributed by atoms with van der Waals surface area (Å²) in [6.45, 7) is 5.94. The van der Waals surface area contributed by atoms with Crippen molar-refractivity contribution < 1.29 is 28.7 Å². The SMILES string of the molecule is CC(C)(C)OC(=O)n1cc(C[C@H]2/C=C/C(=O)NCCCC[C@H](NC(=O)OCc3ccccc3)C(=O)N2)c2ccccc21. The minimum atomic E-state index is -0.831. The van der Waals surface area contributed by atoms with E-state index < -0.39 is 35.8 Å². The number of carbonyl (C=O) groups excluding carboxylic acids is 4. The zero-order chi connectivity index (χ0) is 30.1. The molecule has 0 bridgehead atoms. The smallest absolute Gasteiger partial charge is 0.419 e. The average Bonchev–Trinajstić information content (AvgIpc) is 3.31. The van der Waals surface area contributed by atoms with E-state index in [4.69, 9.17) is 9.47 Å². The zero-order valence-corrected chi connectivity index (χ0v) is 24.2. The monoisotopic (exact) mass is 574 g/mol. The molecule has 3 amide bonds. The highest BCUT2D eigenvalue weighted by atomic mass is 16.6. The molecule has 2 atom stereocenters. The largest absolute Gasteiger partial charge is 0.445 e. The number of ether oxygens (including phenoxy) is 2. The van der Waals surface area contributed by atoms with Crippen LogP contribution < -0.4 is 16.0 Å². The van der Waals surface area contributed by atoms with Gasteiger partial charge in [-0.15, -0.1) is 0 Å². The van der Waals surface area contributed by atoms with Gasteiger partial charge in [-0.2, -0.15) is 0 Å². The molecule has 1 aliphatic heterocycles. The Labute approximate surface area is 245 Å². The van der Waals surface area contributed by atoms with Gasteiger partial charge in [0, 0.05) is 24.2 Å². The van der Waals surface area contributed by atoms with E-state index in [0.717, 1.165) is 16.5 Å². The van der Waals surface area contributed by atoms with Gasteiger partial charge in [-0.25, -0.2) is 9.59 Å². The fraction of sp³-hybridized carbons (Fsp3) is 0.375. The molecule has 0 fully saturated rings. The lowest BCUT2D eigenvalue weighted by Crippen LogP contribution is -2.50. The Bertz CT molecular complexity index is 1440. The predicted molar refractivity (Wildman–Crippen MR) is 159 cm³/mol. The van der Waals surface area contributed by atoms with Crippen LogP contribution in [0.2, 0.25) is 0 Å². The van der Waals surface area contributed by atoms with Crippen molar-refractivity contribution in [1.29, 1.82) is 0 Å². The van der Waals surface area contributed by atoms with Crippen LogP contribution >= 0.6 is 0 Å². The molecular weight excluding hydrogens is 536 g/mol. The highest BCUT2D eigenvalue weighted by Crippen LogP contribution is 2.24. The summed E-state index contributed by atoms with van der Waals surface area (Å²) >= 11 is 0. The van der Waals surface area contributed by atoms with Crippen LogP contribution in [0.25, 0.3) is 10.9 Å². The maximum absolute atomic E-state index is 13.5. The Morgan fingerprint density at radius 2 is 1.76 bits per heavy atom. The molecule has 0 saturated carbocycles. The van der Waals surface area contributed by atoms with E-state index in [1.54, 1.807) is 33.0 Å². The lowest BCUT2D eigenvalue weighted by Gasteiger charge is -2.22. The van der Waals surface area contributed by atoms with Gasteiger partial charge < -0.3 is 25.4 Å². The first kappa shape index (κ1) is 30.4. The number of fused-ring (bicyclic) bond motifs is 1. The first-order chi connectivity index (χ1) is 20.1.